The van der Waals surface area contributed by atoms with Gasteiger partial charge < -0.3 is 4.79 Å². The molecule has 2 aromatic carbocycles. The Morgan fingerprint density at radius 3 is 2.26 bits per heavy atom. The minimum absolute atomic E-state index is 0.217. The largest absolute Gasteiger partial charge is 0.303 e. The molecular weight excluding hydrogens is 408 g/mol. The summed E-state index contributed by atoms with van der Waals surface area (Å²) in [7, 11) is -3.53. The first-order valence-corrected chi connectivity index (χ1v) is 12.1. The Bertz CT molecular complexity index is 1310. The average Bonchev–Trinajstić information content (AvgIpc) is 2.71. The fraction of sp³-hybridized carbons (Fsp3) is 0.280. The van der Waals surface area contributed by atoms with E-state index >= 15 is 0 Å². The monoisotopic (exact) mass is 434 g/mol. The molecule has 0 saturated heterocycles. The molecule has 0 saturated carbocycles. The van der Waals surface area contributed by atoms with Gasteiger partial charge in [0.2, 0.25) is 10.0 Å². The number of carbonyl (C=O) groups excluding carboxylic acids is 1. The second-order valence-corrected chi connectivity index (χ2v) is 10.2. The van der Waals surface area contributed by atoms with Crippen LogP contribution in [-0.2, 0) is 27.8 Å². The molecule has 1 aliphatic heterocycles. The van der Waals surface area contributed by atoms with E-state index in [9.17, 15) is 13.2 Å². The lowest BCUT2D eigenvalue weighted by Crippen LogP contribution is -2.34. The van der Waals surface area contributed by atoms with Crippen LogP contribution in [0.15, 0.2) is 36.4 Å². The SMILES string of the molecule is Cc1ccc(-c2c(C)c3c(c(C)c2CC=O)N(S(C)(=O)=O)Cc2ccc(C)nc2-3)cc1. The molecule has 31 heavy (non-hydrogen) atoms. The molecule has 0 atom stereocenters. The van der Waals surface area contributed by atoms with Crippen molar-refractivity contribution in [2.45, 2.75) is 40.7 Å². The summed E-state index contributed by atoms with van der Waals surface area (Å²) in [6.45, 7) is 8.12. The lowest BCUT2D eigenvalue weighted by Gasteiger charge is -2.35. The van der Waals surface area contributed by atoms with Gasteiger partial charge in [0, 0.05) is 17.7 Å². The van der Waals surface area contributed by atoms with Crippen LogP contribution in [0.25, 0.3) is 22.4 Å². The maximum absolute atomic E-state index is 12.8. The molecule has 3 aromatic rings. The molecule has 0 N–H and O–H groups in total. The van der Waals surface area contributed by atoms with Gasteiger partial charge in [-0.05, 0) is 67.1 Å². The maximum atomic E-state index is 12.8. The molecule has 0 fully saturated rings. The average molecular weight is 435 g/mol. The molecule has 0 bridgehead atoms. The number of pyridine rings is 1. The van der Waals surface area contributed by atoms with Crippen molar-refractivity contribution in [1.82, 2.24) is 4.98 Å². The van der Waals surface area contributed by atoms with Crippen molar-refractivity contribution in [3.63, 3.8) is 0 Å². The Balaban J connectivity index is 2.17. The Morgan fingerprint density at radius 2 is 1.65 bits per heavy atom. The quantitative estimate of drug-likeness (QED) is 0.560. The van der Waals surface area contributed by atoms with Gasteiger partial charge in [-0.1, -0.05) is 35.9 Å². The number of aryl methyl sites for hydroxylation is 2. The molecule has 0 amide bonds. The van der Waals surface area contributed by atoms with Crippen LogP contribution in [0.3, 0.4) is 0 Å². The van der Waals surface area contributed by atoms with Crippen LogP contribution in [0.5, 0.6) is 0 Å². The zero-order valence-corrected chi connectivity index (χ0v) is 19.3. The molecule has 0 radical (unpaired) electrons. The van der Waals surface area contributed by atoms with E-state index in [0.717, 1.165) is 62.2 Å². The third-order valence-electron chi connectivity index (χ3n) is 6.04. The number of aldehydes is 1. The van der Waals surface area contributed by atoms with E-state index in [4.69, 9.17) is 4.98 Å². The molecule has 0 unspecified atom stereocenters. The summed E-state index contributed by atoms with van der Waals surface area (Å²) in [6.07, 6.45) is 2.33. The first-order valence-electron chi connectivity index (χ1n) is 10.2. The molecule has 1 aromatic heterocycles. The topological polar surface area (TPSA) is 67.3 Å². The second kappa shape index (κ2) is 7.61. The van der Waals surface area contributed by atoms with Crippen LogP contribution in [0.4, 0.5) is 5.69 Å². The predicted octanol–water partition coefficient (Wildman–Crippen LogP) is 4.67. The Labute approximate surface area is 183 Å². The maximum Gasteiger partial charge on any atom is 0.232 e. The van der Waals surface area contributed by atoms with Gasteiger partial charge in [-0.2, -0.15) is 0 Å². The molecule has 1 aliphatic rings. The molecule has 6 heteroatoms. The zero-order valence-electron chi connectivity index (χ0n) is 18.5. The first kappa shape index (κ1) is 21.2. The van der Waals surface area contributed by atoms with Gasteiger partial charge in [0.25, 0.3) is 0 Å². The number of aromatic nitrogens is 1. The van der Waals surface area contributed by atoms with Crippen LogP contribution >= 0.6 is 0 Å². The number of carbonyl (C=O) groups is 1. The molecule has 2 heterocycles. The molecule has 0 aliphatic carbocycles. The molecule has 160 valence electrons. The molecule has 5 nitrogen and oxygen atoms in total. The lowest BCUT2D eigenvalue weighted by atomic mass is 9.82. The van der Waals surface area contributed by atoms with Crippen LogP contribution in [0, 0.1) is 27.7 Å². The van der Waals surface area contributed by atoms with Crippen LogP contribution in [-0.4, -0.2) is 25.9 Å². The summed E-state index contributed by atoms with van der Waals surface area (Å²) < 4.78 is 27.0. The standard InChI is InChI=1S/C25H26N2O3S/c1-15-6-9-19(10-7-15)22-18(4)23-24-20(11-8-16(2)26-24)14-27(31(5,29)30)25(23)17(3)21(22)12-13-28/h6-11,13H,12,14H2,1-5H3. The Morgan fingerprint density at radius 1 is 0.968 bits per heavy atom. The van der Waals surface area contributed by atoms with Gasteiger partial charge in [0.15, 0.2) is 0 Å². The number of benzene rings is 2. The number of sulfonamides is 1. The van der Waals surface area contributed by atoms with E-state index in [1.807, 2.05) is 52.0 Å². The van der Waals surface area contributed by atoms with Gasteiger partial charge in [0.1, 0.15) is 6.29 Å². The molecule has 4 rings (SSSR count). The smallest absolute Gasteiger partial charge is 0.232 e. The second-order valence-electron chi connectivity index (χ2n) is 8.29. The highest BCUT2D eigenvalue weighted by atomic mass is 32.2. The summed E-state index contributed by atoms with van der Waals surface area (Å²) >= 11 is 0. The van der Waals surface area contributed by atoms with E-state index in [-0.39, 0.29) is 13.0 Å². The highest BCUT2D eigenvalue weighted by molar-refractivity contribution is 7.92. The van der Waals surface area contributed by atoms with Crippen molar-refractivity contribution in [1.29, 1.82) is 0 Å². The van der Waals surface area contributed by atoms with Crippen molar-refractivity contribution in [3.8, 4) is 22.4 Å². The minimum atomic E-state index is -3.53. The summed E-state index contributed by atoms with van der Waals surface area (Å²) in [5.74, 6) is 0. The zero-order chi connectivity index (χ0) is 22.5. The van der Waals surface area contributed by atoms with Gasteiger partial charge in [-0.15, -0.1) is 0 Å². The third-order valence-corrected chi connectivity index (χ3v) is 7.16. The van der Waals surface area contributed by atoms with Crippen LogP contribution in [0.1, 0.15) is 33.5 Å². The van der Waals surface area contributed by atoms with Crippen molar-refractivity contribution in [3.05, 3.63) is 69.9 Å². The van der Waals surface area contributed by atoms with Crippen molar-refractivity contribution >= 4 is 22.0 Å². The molecule has 0 spiro atoms. The van der Waals surface area contributed by atoms with E-state index in [2.05, 4.69) is 12.1 Å². The van der Waals surface area contributed by atoms with Crippen LogP contribution < -0.4 is 4.31 Å². The Hall–Kier alpha value is -2.99. The third kappa shape index (κ3) is 3.55. The first-order chi connectivity index (χ1) is 14.6. The van der Waals surface area contributed by atoms with Gasteiger partial charge >= 0.3 is 0 Å². The van der Waals surface area contributed by atoms with Crippen LogP contribution in [0.2, 0.25) is 0 Å². The van der Waals surface area contributed by atoms with E-state index in [1.54, 1.807) is 0 Å². The highest BCUT2D eigenvalue weighted by Crippen LogP contribution is 2.48. The summed E-state index contributed by atoms with van der Waals surface area (Å²) in [6, 6.07) is 12.1. The van der Waals surface area contributed by atoms with Gasteiger partial charge in [-0.3, -0.25) is 9.29 Å². The normalized spacial score (nSPS) is 13.0. The Kier molecular flexibility index (Phi) is 5.21. The lowest BCUT2D eigenvalue weighted by molar-refractivity contribution is -0.107. The fourth-order valence-corrected chi connectivity index (χ4v) is 5.48. The fourth-order valence-electron chi connectivity index (χ4n) is 4.54. The van der Waals surface area contributed by atoms with Gasteiger partial charge in [-0.25, -0.2) is 8.42 Å². The van der Waals surface area contributed by atoms with Crippen molar-refractivity contribution in [2.24, 2.45) is 0 Å². The highest BCUT2D eigenvalue weighted by Gasteiger charge is 2.34. The van der Waals surface area contributed by atoms with Crippen molar-refractivity contribution < 1.29 is 13.2 Å². The number of hydrogen-bond acceptors (Lipinski definition) is 4. The summed E-state index contributed by atoms with van der Waals surface area (Å²) in [5.41, 5.74) is 9.80. The number of nitrogens with zero attached hydrogens (tertiary/aromatic N) is 2. The van der Waals surface area contributed by atoms with Crippen molar-refractivity contribution in [2.75, 3.05) is 10.6 Å². The predicted molar refractivity (Wildman–Crippen MR) is 125 cm³/mol. The van der Waals surface area contributed by atoms with E-state index in [1.165, 1.54) is 10.6 Å². The number of hydrogen-bond donors (Lipinski definition) is 0. The van der Waals surface area contributed by atoms with Gasteiger partial charge in [0.05, 0.1) is 24.2 Å². The number of rotatable bonds is 4. The van der Waals surface area contributed by atoms with E-state index in [0.29, 0.717) is 5.69 Å². The minimum Gasteiger partial charge on any atom is -0.303 e. The molecular formula is C25H26N2O3S. The summed E-state index contributed by atoms with van der Waals surface area (Å²) in [5, 5.41) is 0. The number of anilines is 1. The number of fused-ring (bicyclic) bond motifs is 3. The van der Waals surface area contributed by atoms with E-state index < -0.39 is 10.0 Å². The summed E-state index contributed by atoms with van der Waals surface area (Å²) in [4.78, 5) is 16.4.